The van der Waals surface area contributed by atoms with Gasteiger partial charge in [-0.15, -0.1) is 0 Å². The minimum atomic E-state index is -0.404. The second-order valence-corrected chi connectivity index (χ2v) is 6.62. The normalized spacial score (nSPS) is 30.6. The molecule has 0 aromatic heterocycles. The number of imide groups is 1. The lowest BCUT2D eigenvalue weighted by Crippen LogP contribution is -2.38. The standard InChI is InChI=1S/C19H19NO4/c1-2-24-19(23)13-7-9-14(10-8-13)20-17(21)15-11-3-4-12(6-5-11)16(15)18(20)22/h3-4,7-12,15-16H,2,5-6H2,1H3/t11-,12-,15+,16+/m1/s1. The van der Waals surface area contributed by atoms with Gasteiger partial charge in [0, 0.05) is 0 Å². The van der Waals surface area contributed by atoms with Gasteiger partial charge in [0.2, 0.25) is 11.8 Å². The fraction of sp³-hybridized carbons (Fsp3) is 0.421. The van der Waals surface area contributed by atoms with Crippen LogP contribution in [0.3, 0.4) is 0 Å². The number of carbonyl (C=O) groups is 3. The molecule has 5 nitrogen and oxygen atoms in total. The molecule has 3 aliphatic carbocycles. The number of benzene rings is 1. The number of fused-ring (bicyclic) bond motifs is 1. The summed E-state index contributed by atoms with van der Waals surface area (Å²) >= 11 is 0. The minimum absolute atomic E-state index is 0.104. The molecule has 24 heavy (non-hydrogen) atoms. The zero-order valence-electron chi connectivity index (χ0n) is 13.5. The number of anilines is 1. The number of amides is 2. The monoisotopic (exact) mass is 325 g/mol. The zero-order valence-corrected chi connectivity index (χ0v) is 13.5. The van der Waals surface area contributed by atoms with Crippen LogP contribution in [-0.2, 0) is 14.3 Å². The van der Waals surface area contributed by atoms with Crippen molar-refractivity contribution in [3.05, 3.63) is 42.0 Å². The van der Waals surface area contributed by atoms with Crippen molar-refractivity contribution in [3.8, 4) is 0 Å². The van der Waals surface area contributed by atoms with Gasteiger partial charge in [-0.2, -0.15) is 0 Å². The highest BCUT2D eigenvalue weighted by atomic mass is 16.5. The Balaban J connectivity index is 1.62. The molecule has 0 spiro atoms. The molecule has 0 N–H and O–H groups in total. The van der Waals surface area contributed by atoms with Gasteiger partial charge < -0.3 is 4.74 Å². The van der Waals surface area contributed by atoms with E-state index in [2.05, 4.69) is 12.2 Å². The van der Waals surface area contributed by atoms with Crippen LogP contribution in [0.1, 0.15) is 30.1 Å². The first kappa shape index (κ1) is 15.1. The highest BCUT2D eigenvalue weighted by molar-refractivity contribution is 6.22. The summed E-state index contributed by atoms with van der Waals surface area (Å²) in [5.41, 5.74) is 0.950. The predicted molar refractivity (Wildman–Crippen MR) is 87.2 cm³/mol. The Labute approximate surface area is 140 Å². The smallest absolute Gasteiger partial charge is 0.338 e. The number of hydrogen-bond acceptors (Lipinski definition) is 4. The molecule has 1 aromatic carbocycles. The minimum Gasteiger partial charge on any atom is -0.462 e. The van der Waals surface area contributed by atoms with Crippen molar-refractivity contribution in [2.75, 3.05) is 11.5 Å². The molecule has 124 valence electrons. The molecule has 2 fully saturated rings. The first-order chi connectivity index (χ1) is 11.6. The lowest BCUT2D eigenvalue weighted by atomic mass is 9.63. The van der Waals surface area contributed by atoms with Crippen LogP contribution in [0.4, 0.5) is 5.69 Å². The van der Waals surface area contributed by atoms with E-state index in [1.165, 1.54) is 4.90 Å². The van der Waals surface area contributed by atoms with Crippen molar-refractivity contribution in [2.24, 2.45) is 23.7 Å². The number of allylic oxidation sites excluding steroid dienone is 2. The Morgan fingerprint density at radius 2 is 1.58 bits per heavy atom. The van der Waals surface area contributed by atoms with E-state index < -0.39 is 5.97 Å². The molecule has 1 saturated carbocycles. The van der Waals surface area contributed by atoms with E-state index in [0.717, 1.165) is 12.8 Å². The van der Waals surface area contributed by atoms with Gasteiger partial charge in [-0.3, -0.25) is 14.5 Å². The van der Waals surface area contributed by atoms with Crippen LogP contribution in [0.25, 0.3) is 0 Å². The highest BCUT2D eigenvalue weighted by Gasteiger charge is 2.56. The summed E-state index contributed by atoms with van der Waals surface area (Å²) in [5, 5.41) is 0. The molecule has 1 heterocycles. The third kappa shape index (κ3) is 2.11. The van der Waals surface area contributed by atoms with Crippen LogP contribution in [0, 0.1) is 23.7 Å². The van der Waals surface area contributed by atoms with Gasteiger partial charge in [-0.05, 0) is 55.9 Å². The molecule has 1 aliphatic heterocycles. The topological polar surface area (TPSA) is 63.7 Å². The maximum absolute atomic E-state index is 12.8. The van der Waals surface area contributed by atoms with E-state index >= 15 is 0 Å². The highest BCUT2D eigenvalue weighted by Crippen LogP contribution is 2.50. The van der Waals surface area contributed by atoms with Crippen molar-refractivity contribution in [1.29, 1.82) is 0 Å². The molecule has 0 unspecified atom stereocenters. The van der Waals surface area contributed by atoms with Crippen LogP contribution in [-0.4, -0.2) is 24.4 Å². The number of ether oxygens (including phenoxy) is 1. The van der Waals surface area contributed by atoms with E-state index in [1.807, 2.05) is 0 Å². The van der Waals surface area contributed by atoms with Crippen molar-refractivity contribution in [1.82, 2.24) is 0 Å². The maximum Gasteiger partial charge on any atom is 0.338 e. The Kier molecular flexibility index (Phi) is 3.52. The Morgan fingerprint density at radius 3 is 2.04 bits per heavy atom. The summed E-state index contributed by atoms with van der Waals surface area (Å²) < 4.78 is 4.95. The molecular weight excluding hydrogens is 306 g/mol. The molecule has 0 radical (unpaired) electrons. The summed E-state index contributed by atoms with van der Waals surface area (Å²) in [4.78, 5) is 38.7. The summed E-state index contributed by atoms with van der Waals surface area (Å²) in [6.07, 6.45) is 6.18. The molecule has 2 bridgehead atoms. The number of nitrogens with zero attached hydrogens (tertiary/aromatic N) is 1. The largest absolute Gasteiger partial charge is 0.462 e. The quantitative estimate of drug-likeness (QED) is 0.487. The average Bonchev–Trinajstić information content (AvgIpc) is 2.90. The first-order valence-corrected chi connectivity index (χ1v) is 8.45. The van der Waals surface area contributed by atoms with Gasteiger partial charge in [-0.25, -0.2) is 4.79 Å². The van der Waals surface area contributed by atoms with Crippen molar-refractivity contribution in [2.45, 2.75) is 19.8 Å². The fourth-order valence-electron chi connectivity index (χ4n) is 4.29. The van der Waals surface area contributed by atoms with Crippen molar-refractivity contribution in [3.63, 3.8) is 0 Å². The van der Waals surface area contributed by atoms with E-state index in [0.29, 0.717) is 17.9 Å². The predicted octanol–water partition coefficient (Wildman–Crippen LogP) is 2.56. The SMILES string of the molecule is CCOC(=O)c1ccc(N2C(=O)[C@@H]3[C@@H](C2=O)[C@@H]2C=C[C@@H]3CC2)cc1. The Bertz CT molecular complexity index is 704. The second kappa shape index (κ2) is 5.58. The molecular formula is C19H19NO4. The van der Waals surface area contributed by atoms with Crippen molar-refractivity contribution >= 4 is 23.5 Å². The summed E-state index contributed by atoms with van der Waals surface area (Å²) in [7, 11) is 0. The third-order valence-corrected chi connectivity index (χ3v) is 5.40. The Morgan fingerprint density at radius 1 is 1.04 bits per heavy atom. The van der Waals surface area contributed by atoms with Gasteiger partial charge >= 0.3 is 5.97 Å². The number of hydrogen-bond donors (Lipinski definition) is 0. The van der Waals surface area contributed by atoms with E-state index in [-0.39, 0.29) is 35.5 Å². The lowest BCUT2D eigenvalue weighted by Gasteiger charge is -2.38. The van der Waals surface area contributed by atoms with Gasteiger partial charge in [0.25, 0.3) is 0 Å². The maximum atomic E-state index is 12.8. The second-order valence-electron chi connectivity index (χ2n) is 6.62. The van der Waals surface area contributed by atoms with Crippen LogP contribution >= 0.6 is 0 Å². The van der Waals surface area contributed by atoms with Gasteiger partial charge in [0.15, 0.2) is 0 Å². The lowest BCUT2D eigenvalue weighted by molar-refractivity contribution is -0.124. The van der Waals surface area contributed by atoms with Gasteiger partial charge in [0.1, 0.15) is 0 Å². The summed E-state index contributed by atoms with van der Waals surface area (Å²) in [5.74, 6) is -0.683. The molecule has 1 saturated heterocycles. The molecule has 1 aromatic rings. The fourth-order valence-corrected chi connectivity index (χ4v) is 4.29. The van der Waals surface area contributed by atoms with E-state index in [1.54, 1.807) is 31.2 Å². The van der Waals surface area contributed by atoms with E-state index in [4.69, 9.17) is 4.74 Å². The van der Waals surface area contributed by atoms with Crippen LogP contribution < -0.4 is 4.90 Å². The summed E-state index contributed by atoms with van der Waals surface area (Å²) in [6, 6.07) is 6.49. The molecule has 2 amide bonds. The van der Waals surface area contributed by atoms with Crippen LogP contribution in [0.5, 0.6) is 0 Å². The molecule has 4 atom stereocenters. The number of rotatable bonds is 3. The first-order valence-electron chi connectivity index (χ1n) is 8.45. The van der Waals surface area contributed by atoms with Crippen LogP contribution in [0.15, 0.2) is 36.4 Å². The molecule has 5 rings (SSSR count). The van der Waals surface area contributed by atoms with Gasteiger partial charge in [-0.1, -0.05) is 12.2 Å². The molecule has 5 heteroatoms. The van der Waals surface area contributed by atoms with E-state index in [9.17, 15) is 14.4 Å². The van der Waals surface area contributed by atoms with Gasteiger partial charge in [0.05, 0.1) is 29.7 Å². The van der Waals surface area contributed by atoms with Crippen LogP contribution in [0.2, 0.25) is 0 Å². The number of carbonyl (C=O) groups excluding carboxylic acids is 3. The third-order valence-electron chi connectivity index (χ3n) is 5.40. The average molecular weight is 325 g/mol. The zero-order chi connectivity index (χ0) is 16.8. The Hall–Kier alpha value is -2.43. The molecule has 4 aliphatic rings. The summed E-state index contributed by atoms with van der Waals surface area (Å²) in [6.45, 7) is 2.06. The van der Waals surface area contributed by atoms with Crippen molar-refractivity contribution < 1.29 is 19.1 Å². The number of esters is 1.